The summed E-state index contributed by atoms with van der Waals surface area (Å²) in [5, 5.41) is 13.7. The van der Waals surface area contributed by atoms with E-state index in [0.29, 0.717) is 28.7 Å². The molecule has 2 aliphatic carbocycles. The van der Waals surface area contributed by atoms with Crippen molar-refractivity contribution in [2.24, 2.45) is 10.8 Å². The minimum Gasteiger partial charge on any atom is -0.508 e. The van der Waals surface area contributed by atoms with E-state index >= 15 is 0 Å². The van der Waals surface area contributed by atoms with E-state index < -0.39 is 0 Å². The molecule has 0 bridgehead atoms. The van der Waals surface area contributed by atoms with Gasteiger partial charge in [-0.05, 0) is 40.9 Å². The van der Waals surface area contributed by atoms with E-state index in [1.807, 2.05) is 6.07 Å². The molecule has 1 unspecified atom stereocenters. The van der Waals surface area contributed by atoms with Crippen molar-refractivity contribution >= 4 is 0 Å². The van der Waals surface area contributed by atoms with Crippen LogP contribution in [-0.4, -0.2) is 11.1 Å². The van der Waals surface area contributed by atoms with Crippen molar-refractivity contribution in [1.82, 2.24) is 5.32 Å². The third kappa shape index (κ3) is 1.45. The highest BCUT2D eigenvalue weighted by Crippen LogP contribution is 2.63. The molecule has 2 heteroatoms. The summed E-state index contributed by atoms with van der Waals surface area (Å²) in [5.74, 6) is 0.464. The Balaban J connectivity index is 1.81. The zero-order valence-corrected chi connectivity index (χ0v) is 11.7. The first-order valence-corrected chi connectivity index (χ1v) is 6.92. The molecule has 3 rings (SSSR count). The molecule has 1 atom stereocenters. The van der Waals surface area contributed by atoms with Crippen LogP contribution in [0, 0.1) is 10.8 Å². The largest absolute Gasteiger partial charge is 0.508 e. The van der Waals surface area contributed by atoms with Gasteiger partial charge >= 0.3 is 0 Å². The zero-order valence-electron chi connectivity index (χ0n) is 11.7. The average Bonchev–Trinajstić information content (AvgIpc) is 2.66. The maximum Gasteiger partial charge on any atom is 0.119 e. The number of fused-ring (bicyclic) bond motifs is 1. The van der Waals surface area contributed by atoms with E-state index in [2.05, 4.69) is 39.1 Å². The predicted octanol–water partition coefficient (Wildman–Crippen LogP) is 3.40. The van der Waals surface area contributed by atoms with Crippen LogP contribution in [0.3, 0.4) is 0 Å². The molecular weight excluding hydrogens is 222 g/mol. The summed E-state index contributed by atoms with van der Waals surface area (Å²) in [6.45, 7) is 9.35. The molecule has 1 aromatic carbocycles. The van der Waals surface area contributed by atoms with Gasteiger partial charge < -0.3 is 10.4 Å². The quantitative estimate of drug-likeness (QED) is 0.837. The van der Waals surface area contributed by atoms with Gasteiger partial charge in [0.05, 0.1) is 0 Å². The molecule has 0 spiro atoms. The van der Waals surface area contributed by atoms with Crippen molar-refractivity contribution in [3.63, 3.8) is 0 Å². The molecule has 0 aromatic heterocycles. The van der Waals surface area contributed by atoms with Crippen molar-refractivity contribution in [2.75, 3.05) is 0 Å². The molecule has 2 aliphatic rings. The highest BCUT2D eigenvalue weighted by molar-refractivity contribution is 5.44. The highest BCUT2D eigenvalue weighted by atomic mass is 16.3. The molecule has 0 saturated heterocycles. The molecule has 0 radical (unpaired) electrons. The molecule has 0 heterocycles. The molecule has 1 aromatic rings. The lowest BCUT2D eigenvalue weighted by Gasteiger charge is -2.16. The number of rotatable bonds is 2. The maximum absolute atomic E-state index is 9.88. The number of nitrogens with one attached hydrogen (secondary N) is 1. The third-order valence-electron chi connectivity index (χ3n) is 5.63. The van der Waals surface area contributed by atoms with Gasteiger partial charge in [0, 0.05) is 12.1 Å². The van der Waals surface area contributed by atoms with Crippen LogP contribution in [0.2, 0.25) is 0 Å². The second kappa shape index (κ2) is 3.51. The van der Waals surface area contributed by atoms with Gasteiger partial charge in [-0.3, -0.25) is 0 Å². The summed E-state index contributed by atoms with van der Waals surface area (Å²) in [5.41, 5.74) is 3.18. The minimum atomic E-state index is 0.368. The standard InChI is InChI=1S/C16H23NO/c1-15(2)14(16(15,3)4)17-12-9-8-11-10(12)6-5-7-13(11)18/h5-7,12,14,17-18H,8-9H2,1-4H3. The van der Waals surface area contributed by atoms with E-state index in [1.54, 1.807) is 6.07 Å². The normalized spacial score (nSPS) is 28.1. The van der Waals surface area contributed by atoms with Crippen molar-refractivity contribution in [3.05, 3.63) is 29.3 Å². The first-order valence-electron chi connectivity index (χ1n) is 6.92. The predicted molar refractivity (Wildman–Crippen MR) is 73.7 cm³/mol. The Kier molecular flexibility index (Phi) is 2.34. The maximum atomic E-state index is 9.88. The van der Waals surface area contributed by atoms with E-state index in [1.165, 1.54) is 5.56 Å². The summed E-state index contributed by atoms with van der Waals surface area (Å²) in [6, 6.07) is 6.90. The Morgan fingerprint density at radius 2 is 1.83 bits per heavy atom. The molecule has 1 fully saturated rings. The van der Waals surface area contributed by atoms with Gasteiger partial charge in [0.2, 0.25) is 0 Å². The lowest BCUT2D eigenvalue weighted by Crippen LogP contribution is -2.26. The first-order chi connectivity index (χ1) is 8.35. The monoisotopic (exact) mass is 245 g/mol. The number of phenolic OH excluding ortho intramolecular Hbond substituents is 1. The molecule has 98 valence electrons. The van der Waals surface area contributed by atoms with Gasteiger partial charge in [-0.1, -0.05) is 39.8 Å². The number of hydrogen-bond donors (Lipinski definition) is 2. The zero-order chi connectivity index (χ0) is 13.1. The number of phenols is 1. The minimum absolute atomic E-state index is 0.368. The Morgan fingerprint density at radius 1 is 1.17 bits per heavy atom. The van der Waals surface area contributed by atoms with Gasteiger partial charge in [-0.2, -0.15) is 0 Å². The van der Waals surface area contributed by atoms with Crippen LogP contribution in [0.1, 0.15) is 51.3 Å². The van der Waals surface area contributed by atoms with Crippen LogP contribution >= 0.6 is 0 Å². The van der Waals surface area contributed by atoms with Crippen molar-refractivity contribution in [3.8, 4) is 5.75 Å². The van der Waals surface area contributed by atoms with Crippen molar-refractivity contribution in [2.45, 2.75) is 52.6 Å². The summed E-state index contributed by atoms with van der Waals surface area (Å²) in [6.07, 6.45) is 2.10. The van der Waals surface area contributed by atoms with Gasteiger partial charge in [0.1, 0.15) is 5.75 Å². The fourth-order valence-corrected chi connectivity index (χ4v) is 3.62. The Bertz CT molecular complexity index is 476. The number of benzene rings is 1. The van der Waals surface area contributed by atoms with E-state index in [4.69, 9.17) is 0 Å². The van der Waals surface area contributed by atoms with E-state index in [9.17, 15) is 5.11 Å². The van der Waals surface area contributed by atoms with Crippen molar-refractivity contribution in [1.29, 1.82) is 0 Å². The second-order valence-corrected chi connectivity index (χ2v) is 6.98. The van der Waals surface area contributed by atoms with Gasteiger partial charge in [-0.15, -0.1) is 0 Å². The molecule has 18 heavy (non-hydrogen) atoms. The fraction of sp³-hybridized carbons (Fsp3) is 0.625. The van der Waals surface area contributed by atoms with Crippen LogP contribution in [0.5, 0.6) is 5.75 Å². The van der Waals surface area contributed by atoms with Crippen LogP contribution in [0.25, 0.3) is 0 Å². The molecule has 0 amide bonds. The summed E-state index contributed by atoms with van der Waals surface area (Å²) in [4.78, 5) is 0. The topological polar surface area (TPSA) is 32.3 Å². The van der Waals surface area contributed by atoms with Crippen LogP contribution in [0.15, 0.2) is 18.2 Å². The number of hydrogen-bond acceptors (Lipinski definition) is 2. The molecule has 2 nitrogen and oxygen atoms in total. The summed E-state index contributed by atoms with van der Waals surface area (Å²) >= 11 is 0. The van der Waals surface area contributed by atoms with Crippen LogP contribution in [0.4, 0.5) is 0 Å². The third-order valence-corrected chi connectivity index (χ3v) is 5.63. The first kappa shape index (κ1) is 12.0. The van der Waals surface area contributed by atoms with Crippen molar-refractivity contribution < 1.29 is 5.11 Å². The Morgan fingerprint density at radius 3 is 2.44 bits per heavy atom. The summed E-state index contributed by atoms with van der Waals surface area (Å²) in [7, 11) is 0. The average molecular weight is 245 g/mol. The van der Waals surface area contributed by atoms with Gasteiger partial charge in [0.15, 0.2) is 0 Å². The van der Waals surface area contributed by atoms with Gasteiger partial charge in [-0.25, -0.2) is 0 Å². The molecule has 0 aliphatic heterocycles. The summed E-state index contributed by atoms with van der Waals surface area (Å²) < 4.78 is 0. The lowest BCUT2D eigenvalue weighted by atomic mass is 10.0. The fourth-order valence-electron chi connectivity index (χ4n) is 3.62. The number of aromatic hydroxyl groups is 1. The SMILES string of the molecule is CC1(C)C(NC2CCc3c(O)cccc32)C1(C)C. The van der Waals surface area contributed by atoms with Crippen LogP contribution < -0.4 is 5.32 Å². The van der Waals surface area contributed by atoms with E-state index in [-0.39, 0.29) is 0 Å². The smallest absolute Gasteiger partial charge is 0.119 e. The second-order valence-electron chi connectivity index (χ2n) is 6.98. The lowest BCUT2D eigenvalue weighted by molar-refractivity contribution is 0.457. The van der Waals surface area contributed by atoms with Gasteiger partial charge in [0.25, 0.3) is 0 Å². The Labute approximate surface area is 109 Å². The molecular formula is C16H23NO. The molecule has 2 N–H and O–H groups in total. The van der Waals surface area contributed by atoms with Crippen LogP contribution in [-0.2, 0) is 6.42 Å². The van der Waals surface area contributed by atoms with E-state index in [0.717, 1.165) is 18.4 Å². The molecule has 1 saturated carbocycles. The Hall–Kier alpha value is -1.02. The highest BCUT2D eigenvalue weighted by Gasteiger charge is 2.65.